The number of hydrogen-bond acceptors (Lipinski definition) is 3. The van der Waals surface area contributed by atoms with Crippen molar-refractivity contribution in [3.05, 3.63) is 29.3 Å². The predicted octanol–water partition coefficient (Wildman–Crippen LogP) is 2.33. The molecular formula is C16H22N2O4. The Bertz CT molecular complexity index is 594. The highest BCUT2D eigenvalue weighted by atomic mass is 16.4. The minimum Gasteiger partial charge on any atom is -0.481 e. The van der Waals surface area contributed by atoms with Gasteiger partial charge in [0.05, 0.1) is 0 Å². The molecule has 6 nitrogen and oxygen atoms in total. The highest BCUT2D eigenvalue weighted by molar-refractivity contribution is 5.98. The number of hydrogen-bond donors (Lipinski definition) is 3. The van der Waals surface area contributed by atoms with Gasteiger partial charge in [0.1, 0.15) is 0 Å². The second-order valence-electron chi connectivity index (χ2n) is 5.94. The average molecular weight is 306 g/mol. The van der Waals surface area contributed by atoms with Gasteiger partial charge in [-0.25, -0.2) is 0 Å². The number of amides is 2. The zero-order chi connectivity index (χ0) is 16.9. The Morgan fingerprint density at radius 1 is 1.23 bits per heavy atom. The fourth-order valence-electron chi connectivity index (χ4n) is 2.00. The summed E-state index contributed by atoms with van der Waals surface area (Å²) in [5.41, 5.74) is 1.15. The highest BCUT2D eigenvalue weighted by Crippen LogP contribution is 2.18. The molecule has 0 bridgehead atoms. The molecule has 2 amide bonds. The first kappa shape index (κ1) is 17.7. The van der Waals surface area contributed by atoms with Crippen molar-refractivity contribution in [3.8, 4) is 0 Å². The van der Waals surface area contributed by atoms with Gasteiger partial charge in [-0.1, -0.05) is 6.07 Å². The Morgan fingerprint density at radius 2 is 1.86 bits per heavy atom. The SMILES string of the molecule is CC(=O)Nc1ccc(C)c(C(=O)NC(C)(C)CCC(=O)O)c1. The van der Waals surface area contributed by atoms with Gasteiger partial charge in [-0.05, 0) is 44.9 Å². The van der Waals surface area contributed by atoms with Crippen LogP contribution in [0.3, 0.4) is 0 Å². The molecule has 0 aliphatic heterocycles. The van der Waals surface area contributed by atoms with E-state index in [9.17, 15) is 14.4 Å². The molecule has 0 saturated heterocycles. The predicted molar refractivity (Wildman–Crippen MR) is 83.9 cm³/mol. The molecule has 3 N–H and O–H groups in total. The number of aliphatic carboxylic acids is 1. The maximum atomic E-state index is 12.4. The zero-order valence-corrected chi connectivity index (χ0v) is 13.3. The van der Waals surface area contributed by atoms with Gasteiger partial charge in [-0.15, -0.1) is 0 Å². The number of carbonyl (C=O) groups excluding carboxylic acids is 2. The Hall–Kier alpha value is -2.37. The fourth-order valence-corrected chi connectivity index (χ4v) is 2.00. The maximum absolute atomic E-state index is 12.4. The molecule has 0 aliphatic carbocycles. The summed E-state index contributed by atoms with van der Waals surface area (Å²) in [6.45, 7) is 6.76. The molecule has 0 atom stereocenters. The number of anilines is 1. The van der Waals surface area contributed by atoms with E-state index in [4.69, 9.17) is 5.11 Å². The third-order valence-corrected chi connectivity index (χ3v) is 3.22. The highest BCUT2D eigenvalue weighted by Gasteiger charge is 2.23. The van der Waals surface area contributed by atoms with Crippen LogP contribution in [0.2, 0.25) is 0 Å². The normalized spacial score (nSPS) is 10.9. The summed E-state index contributed by atoms with van der Waals surface area (Å²) in [5.74, 6) is -1.40. The van der Waals surface area contributed by atoms with Gasteiger partial charge in [-0.2, -0.15) is 0 Å². The van der Waals surface area contributed by atoms with Crippen LogP contribution in [-0.4, -0.2) is 28.4 Å². The van der Waals surface area contributed by atoms with Crippen molar-refractivity contribution >= 4 is 23.5 Å². The van der Waals surface area contributed by atoms with Crippen LogP contribution in [0.15, 0.2) is 18.2 Å². The minimum absolute atomic E-state index is 0.0157. The molecule has 0 aliphatic rings. The van der Waals surface area contributed by atoms with Crippen molar-refractivity contribution in [1.29, 1.82) is 0 Å². The van der Waals surface area contributed by atoms with Crippen molar-refractivity contribution in [2.24, 2.45) is 0 Å². The van der Waals surface area contributed by atoms with Gasteiger partial charge in [0.2, 0.25) is 5.91 Å². The lowest BCUT2D eigenvalue weighted by molar-refractivity contribution is -0.137. The lowest BCUT2D eigenvalue weighted by Gasteiger charge is -2.26. The van der Waals surface area contributed by atoms with Crippen LogP contribution < -0.4 is 10.6 Å². The zero-order valence-electron chi connectivity index (χ0n) is 13.3. The lowest BCUT2D eigenvalue weighted by Crippen LogP contribution is -2.44. The van der Waals surface area contributed by atoms with Crippen LogP contribution in [-0.2, 0) is 9.59 Å². The van der Waals surface area contributed by atoms with E-state index in [1.165, 1.54) is 6.92 Å². The molecule has 0 fully saturated rings. The van der Waals surface area contributed by atoms with Gasteiger partial charge >= 0.3 is 5.97 Å². The van der Waals surface area contributed by atoms with Crippen LogP contribution in [0, 0.1) is 6.92 Å². The van der Waals surface area contributed by atoms with Crippen LogP contribution >= 0.6 is 0 Å². The standard InChI is InChI=1S/C16H22N2O4/c1-10-5-6-12(17-11(2)19)9-13(10)15(22)18-16(3,4)8-7-14(20)21/h5-6,9H,7-8H2,1-4H3,(H,17,19)(H,18,22)(H,20,21). The van der Waals surface area contributed by atoms with E-state index in [2.05, 4.69) is 10.6 Å². The fraction of sp³-hybridized carbons (Fsp3) is 0.438. The summed E-state index contributed by atoms with van der Waals surface area (Å²) >= 11 is 0. The Balaban J connectivity index is 2.88. The van der Waals surface area contributed by atoms with Crippen molar-refractivity contribution in [2.75, 3.05) is 5.32 Å². The van der Waals surface area contributed by atoms with Crippen LogP contribution in [0.25, 0.3) is 0 Å². The topological polar surface area (TPSA) is 95.5 Å². The summed E-state index contributed by atoms with van der Waals surface area (Å²) in [5, 5.41) is 14.2. The van der Waals surface area contributed by atoms with Crippen molar-refractivity contribution in [3.63, 3.8) is 0 Å². The van der Waals surface area contributed by atoms with Gasteiger partial charge in [-0.3, -0.25) is 14.4 Å². The lowest BCUT2D eigenvalue weighted by atomic mass is 9.97. The first-order valence-electron chi connectivity index (χ1n) is 7.03. The number of aryl methyl sites for hydroxylation is 1. The van der Waals surface area contributed by atoms with Gasteiger partial charge in [0.15, 0.2) is 0 Å². The molecule has 0 heterocycles. The number of nitrogens with one attached hydrogen (secondary N) is 2. The molecule has 1 aromatic rings. The number of rotatable bonds is 6. The summed E-state index contributed by atoms with van der Waals surface area (Å²) in [7, 11) is 0. The van der Waals surface area contributed by atoms with Crippen LogP contribution in [0.5, 0.6) is 0 Å². The van der Waals surface area contributed by atoms with Gasteiger partial charge < -0.3 is 15.7 Å². The Kier molecular flexibility index (Phi) is 5.68. The van der Waals surface area contributed by atoms with Crippen LogP contribution in [0.1, 0.15) is 49.5 Å². The third-order valence-electron chi connectivity index (χ3n) is 3.22. The van der Waals surface area contributed by atoms with Crippen molar-refractivity contribution in [1.82, 2.24) is 5.32 Å². The second-order valence-corrected chi connectivity index (χ2v) is 5.94. The summed E-state index contributed by atoms with van der Waals surface area (Å²) in [4.78, 5) is 34.1. The molecule has 6 heteroatoms. The number of carboxylic acids is 1. The minimum atomic E-state index is -0.897. The molecule has 0 saturated carbocycles. The van der Waals surface area contributed by atoms with Crippen molar-refractivity contribution < 1.29 is 19.5 Å². The smallest absolute Gasteiger partial charge is 0.303 e. The van der Waals surface area contributed by atoms with E-state index in [-0.39, 0.29) is 18.2 Å². The molecule has 0 unspecified atom stereocenters. The van der Waals surface area contributed by atoms with E-state index in [1.807, 2.05) is 0 Å². The summed E-state index contributed by atoms with van der Waals surface area (Å²) < 4.78 is 0. The average Bonchev–Trinajstić information content (AvgIpc) is 2.37. The summed E-state index contributed by atoms with van der Waals surface area (Å²) in [6, 6.07) is 5.09. The van der Waals surface area contributed by atoms with Crippen LogP contribution in [0.4, 0.5) is 5.69 Å². The largest absolute Gasteiger partial charge is 0.481 e. The number of carbonyl (C=O) groups is 3. The van der Waals surface area contributed by atoms with Crippen molar-refractivity contribution in [2.45, 2.75) is 46.1 Å². The number of benzene rings is 1. The van der Waals surface area contributed by atoms with E-state index in [0.717, 1.165) is 5.56 Å². The first-order valence-corrected chi connectivity index (χ1v) is 7.03. The van der Waals surface area contributed by atoms with E-state index in [1.54, 1.807) is 39.0 Å². The molecule has 1 aromatic carbocycles. The van der Waals surface area contributed by atoms with E-state index >= 15 is 0 Å². The molecule has 0 radical (unpaired) electrons. The molecule has 0 aromatic heterocycles. The number of carboxylic acid groups (broad SMARTS) is 1. The molecule has 22 heavy (non-hydrogen) atoms. The third kappa shape index (κ3) is 5.55. The summed E-state index contributed by atoms with van der Waals surface area (Å²) in [6.07, 6.45) is 0.316. The molecule has 120 valence electrons. The maximum Gasteiger partial charge on any atom is 0.303 e. The van der Waals surface area contributed by atoms with E-state index in [0.29, 0.717) is 17.7 Å². The van der Waals surface area contributed by atoms with E-state index < -0.39 is 11.5 Å². The monoisotopic (exact) mass is 306 g/mol. The Morgan fingerprint density at radius 3 is 2.41 bits per heavy atom. The first-order chi connectivity index (χ1) is 10.1. The second kappa shape index (κ2) is 7.06. The molecule has 0 spiro atoms. The Labute approximate surface area is 129 Å². The quantitative estimate of drug-likeness (QED) is 0.751. The van der Waals surface area contributed by atoms with Gasteiger partial charge in [0.25, 0.3) is 5.91 Å². The molecule has 1 rings (SSSR count). The molecular weight excluding hydrogens is 284 g/mol. The van der Waals surface area contributed by atoms with Gasteiger partial charge in [0, 0.05) is 30.1 Å².